The van der Waals surface area contributed by atoms with Crippen LogP contribution in [0.15, 0.2) is 24.3 Å². The molecule has 1 saturated carbocycles. The van der Waals surface area contributed by atoms with Crippen LogP contribution >= 0.6 is 23.1 Å². The van der Waals surface area contributed by atoms with Crippen LogP contribution in [-0.2, 0) is 4.79 Å². The summed E-state index contributed by atoms with van der Waals surface area (Å²) in [5.41, 5.74) is 1.60. The van der Waals surface area contributed by atoms with Gasteiger partial charge in [0.05, 0.1) is 0 Å². The molecule has 1 aromatic heterocycles. The summed E-state index contributed by atoms with van der Waals surface area (Å²) in [5.74, 6) is 0.614. The van der Waals surface area contributed by atoms with Gasteiger partial charge in [-0.15, -0.1) is 5.10 Å². The zero-order valence-corrected chi connectivity index (χ0v) is 11.7. The van der Waals surface area contributed by atoms with Gasteiger partial charge in [0.1, 0.15) is 10.7 Å². The largest absolute Gasteiger partial charge is 0.315 e. The van der Waals surface area contributed by atoms with E-state index in [0.29, 0.717) is 28.1 Å². The summed E-state index contributed by atoms with van der Waals surface area (Å²) in [4.78, 5) is 11.8. The minimum atomic E-state index is 0.0452. The minimum Gasteiger partial charge on any atom is -0.315 e. The third-order valence-electron chi connectivity index (χ3n) is 3.03. The van der Waals surface area contributed by atoms with Gasteiger partial charge in [-0.1, -0.05) is 28.2 Å². The highest BCUT2D eigenvalue weighted by Crippen LogP contribution is 2.34. The molecule has 1 heterocycles. The van der Waals surface area contributed by atoms with E-state index in [0.717, 1.165) is 5.56 Å². The van der Waals surface area contributed by atoms with Gasteiger partial charge in [0.2, 0.25) is 5.91 Å². The average Bonchev–Trinajstić information content (AvgIpc) is 3.08. The quantitative estimate of drug-likeness (QED) is 0.937. The Balaban J connectivity index is 1.77. The Labute approximate surface area is 120 Å². The number of halogens is 1. The summed E-state index contributed by atoms with van der Waals surface area (Å²) in [6.45, 7) is 0. The van der Waals surface area contributed by atoms with Crippen molar-refractivity contribution in [2.75, 3.05) is 5.32 Å². The summed E-state index contributed by atoms with van der Waals surface area (Å²) in [6, 6.07) is 7.34. The van der Waals surface area contributed by atoms with Crippen molar-refractivity contribution in [1.29, 1.82) is 0 Å². The Hall–Kier alpha value is -1.46. The van der Waals surface area contributed by atoms with Gasteiger partial charge in [-0.2, -0.15) is 0 Å². The van der Waals surface area contributed by atoms with E-state index >= 15 is 0 Å². The van der Waals surface area contributed by atoms with Gasteiger partial charge in [-0.05, 0) is 30.9 Å². The molecule has 4 nitrogen and oxygen atoms in total. The van der Waals surface area contributed by atoms with Crippen LogP contribution in [0.2, 0.25) is 5.02 Å². The first-order valence-corrected chi connectivity index (χ1v) is 7.25. The molecule has 19 heavy (non-hydrogen) atoms. The van der Waals surface area contributed by atoms with E-state index in [2.05, 4.69) is 14.9 Å². The molecular weight excluding hydrogens is 282 g/mol. The molecule has 1 amide bonds. The first-order valence-electron chi connectivity index (χ1n) is 6.10. The van der Waals surface area contributed by atoms with Crippen LogP contribution in [0.3, 0.4) is 0 Å². The molecule has 0 spiro atoms. The average molecular weight is 294 g/mol. The second-order valence-corrected chi connectivity index (χ2v) is 5.84. The molecule has 1 fully saturated rings. The maximum atomic E-state index is 11.8. The molecule has 1 aromatic carbocycles. The zero-order chi connectivity index (χ0) is 13.2. The molecule has 0 radical (unpaired) electrons. The van der Waals surface area contributed by atoms with Crippen molar-refractivity contribution in [2.45, 2.75) is 19.3 Å². The molecule has 1 aliphatic rings. The van der Waals surface area contributed by atoms with E-state index < -0.39 is 0 Å². The molecular formula is C13H12ClN3OS. The molecule has 6 heteroatoms. The molecule has 98 valence electrons. The fourth-order valence-corrected chi connectivity index (χ4v) is 2.57. The van der Waals surface area contributed by atoms with Crippen molar-refractivity contribution in [3.8, 4) is 11.3 Å². The van der Waals surface area contributed by atoms with Crippen LogP contribution in [0.25, 0.3) is 11.3 Å². The Morgan fingerprint density at radius 1 is 1.37 bits per heavy atom. The highest BCUT2D eigenvalue weighted by atomic mass is 35.5. The third kappa shape index (κ3) is 3.11. The van der Waals surface area contributed by atoms with E-state index in [1.54, 1.807) is 12.1 Å². The lowest BCUT2D eigenvalue weighted by Gasteiger charge is -2.03. The van der Waals surface area contributed by atoms with Crippen LogP contribution in [0.1, 0.15) is 19.3 Å². The predicted octanol–water partition coefficient (Wildman–Crippen LogP) is 3.60. The van der Waals surface area contributed by atoms with E-state index in [1.807, 2.05) is 12.1 Å². The van der Waals surface area contributed by atoms with Gasteiger partial charge in [-0.3, -0.25) is 4.79 Å². The summed E-state index contributed by atoms with van der Waals surface area (Å²) < 4.78 is 3.91. The second-order valence-electron chi connectivity index (χ2n) is 4.65. The van der Waals surface area contributed by atoms with Crippen molar-refractivity contribution in [2.24, 2.45) is 5.92 Å². The van der Waals surface area contributed by atoms with Crippen molar-refractivity contribution in [3.63, 3.8) is 0 Å². The van der Waals surface area contributed by atoms with Gasteiger partial charge in [0.25, 0.3) is 0 Å². The van der Waals surface area contributed by atoms with Crippen LogP contribution in [-0.4, -0.2) is 15.5 Å². The number of nitrogens with zero attached hydrogens (tertiary/aromatic N) is 2. The fraction of sp³-hybridized carbons (Fsp3) is 0.308. The summed E-state index contributed by atoms with van der Waals surface area (Å²) in [5, 5.41) is 8.35. The standard InChI is InChI=1S/C13H12ClN3OS/c14-10-5-3-9(4-6-10)12-13(19-17-16-12)15-11(18)7-8-1-2-8/h3-6,8H,1-2,7H2,(H,15,18). The van der Waals surface area contributed by atoms with Crippen molar-refractivity contribution >= 4 is 34.0 Å². The molecule has 0 bridgehead atoms. The zero-order valence-electron chi connectivity index (χ0n) is 10.1. The van der Waals surface area contributed by atoms with Crippen LogP contribution in [0.5, 0.6) is 0 Å². The third-order valence-corrected chi connectivity index (χ3v) is 3.92. The van der Waals surface area contributed by atoms with Gasteiger partial charge in [-0.25, -0.2) is 0 Å². The molecule has 0 unspecified atom stereocenters. The SMILES string of the molecule is O=C(CC1CC1)Nc1snnc1-c1ccc(Cl)cc1. The first-order chi connectivity index (χ1) is 9.22. The molecule has 0 saturated heterocycles. The Bertz CT molecular complexity index is 592. The molecule has 2 aromatic rings. The number of amides is 1. The minimum absolute atomic E-state index is 0.0452. The van der Waals surface area contributed by atoms with E-state index in [-0.39, 0.29) is 5.91 Å². The number of anilines is 1. The molecule has 1 aliphatic carbocycles. The van der Waals surface area contributed by atoms with Crippen LogP contribution in [0.4, 0.5) is 5.00 Å². The van der Waals surface area contributed by atoms with E-state index in [4.69, 9.17) is 11.6 Å². The fourth-order valence-electron chi connectivity index (χ4n) is 1.83. The molecule has 0 atom stereocenters. The maximum absolute atomic E-state index is 11.8. The summed E-state index contributed by atoms with van der Waals surface area (Å²) >= 11 is 7.06. The Morgan fingerprint density at radius 2 is 2.11 bits per heavy atom. The lowest BCUT2D eigenvalue weighted by atomic mass is 10.1. The van der Waals surface area contributed by atoms with Gasteiger partial charge in [0, 0.05) is 28.5 Å². The number of nitrogens with one attached hydrogen (secondary N) is 1. The van der Waals surface area contributed by atoms with Crippen molar-refractivity contribution in [3.05, 3.63) is 29.3 Å². The predicted molar refractivity (Wildman–Crippen MR) is 76.3 cm³/mol. The topological polar surface area (TPSA) is 54.9 Å². The van der Waals surface area contributed by atoms with Gasteiger partial charge < -0.3 is 5.32 Å². The van der Waals surface area contributed by atoms with Crippen molar-refractivity contribution in [1.82, 2.24) is 9.59 Å². The summed E-state index contributed by atoms with van der Waals surface area (Å²) in [7, 11) is 0. The Kier molecular flexibility index (Phi) is 3.48. The number of benzene rings is 1. The molecule has 1 N–H and O–H groups in total. The number of hydrogen-bond acceptors (Lipinski definition) is 4. The van der Waals surface area contributed by atoms with E-state index in [9.17, 15) is 4.79 Å². The smallest absolute Gasteiger partial charge is 0.225 e. The number of hydrogen-bond donors (Lipinski definition) is 1. The van der Waals surface area contributed by atoms with Crippen molar-refractivity contribution < 1.29 is 4.79 Å². The second kappa shape index (κ2) is 5.27. The number of rotatable bonds is 4. The lowest BCUT2D eigenvalue weighted by Crippen LogP contribution is -2.11. The maximum Gasteiger partial charge on any atom is 0.225 e. The number of aromatic nitrogens is 2. The Morgan fingerprint density at radius 3 is 2.79 bits per heavy atom. The highest BCUT2D eigenvalue weighted by Gasteiger charge is 2.25. The summed E-state index contributed by atoms with van der Waals surface area (Å²) in [6.07, 6.45) is 2.93. The van der Waals surface area contributed by atoms with Crippen LogP contribution in [0, 0.1) is 5.92 Å². The molecule has 3 rings (SSSR count). The first kappa shape index (κ1) is 12.6. The number of carbonyl (C=O) groups is 1. The number of carbonyl (C=O) groups excluding carboxylic acids is 1. The lowest BCUT2D eigenvalue weighted by molar-refractivity contribution is -0.116. The monoisotopic (exact) mass is 293 g/mol. The van der Waals surface area contributed by atoms with E-state index in [1.165, 1.54) is 24.4 Å². The van der Waals surface area contributed by atoms with Gasteiger partial charge in [0.15, 0.2) is 0 Å². The van der Waals surface area contributed by atoms with Crippen LogP contribution < -0.4 is 5.32 Å². The normalized spacial score (nSPS) is 14.4. The molecule has 0 aliphatic heterocycles. The highest BCUT2D eigenvalue weighted by molar-refractivity contribution is 7.10. The van der Waals surface area contributed by atoms with Gasteiger partial charge >= 0.3 is 0 Å².